The van der Waals surface area contributed by atoms with Crippen LogP contribution in [0.5, 0.6) is 0 Å². The van der Waals surface area contributed by atoms with Crippen molar-refractivity contribution in [2.45, 2.75) is 24.7 Å². The van der Waals surface area contributed by atoms with Crippen LogP contribution in [0.2, 0.25) is 0 Å². The van der Waals surface area contributed by atoms with E-state index < -0.39 is 0 Å². The molecule has 0 aliphatic carbocycles. The third-order valence-corrected chi connectivity index (χ3v) is 4.26. The SMILES string of the molecule is c1ccc(CC2(c3nc(-c4nn[nH]n4)no3)CCOCC2)cc1. The van der Waals surface area contributed by atoms with Gasteiger partial charge in [-0.25, -0.2) is 0 Å². The first kappa shape index (κ1) is 14.0. The van der Waals surface area contributed by atoms with Crippen molar-refractivity contribution in [2.75, 3.05) is 13.2 Å². The molecule has 1 fully saturated rings. The van der Waals surface area contributed by atoms with E-state index >= 15 is 0 Å². The molecule has 118 valence electrons. The first-order valence-electron chi connectivity index (χ1n) is 7.55. The summed E-state index contributed by atoms with van der Waals surface area (Å²) in [5.41, 5.74) is 1.03. The summed E-state index contributed by atoms with van der Waals surface area (Å²) in [5.74, 6) is 1.30. The van der Waals surface area contributed by atoms with E-state index in [1.54, 1.807) is 0 Å². The summed E-state index contributed by atoms with van der Waals surface area (Å²) in [4.78, 5) is 4.53. The van der Waals surface area contributed by atoms with Gasteiger partial charge in [0.15, 0.2) is 0 Å². The van der Waals surface area contributed by atoms with Gasteiger partial charge in [0.1, 0.15) is 0 Å². The molecule has 0 unspecified atom stereocenters. The third-order valence-electron chi connectivity index (χ3n) is 4.26. The quantitative estimate of drug-likeness (QED) is 0.779. The van der Waals surface area contributed by atoms with E-state index in [1.807, 2.05) is 18.2 Å². The summed E-state index contributed by atoms with van der Waals surface area (Å²) in [6.07, 6.45) is 2.52. The minimum atomic E-state index is -0.214. The highest BCUT2D eigenvalue weighted by molar-refractivity contribution is 5.39. The molecule has 0 amide bonds. The van der Waals surface area contributed by atoms with Gasteiger partial charge in [-0.05, 0) is 30.0 Å². The van der Waals surface area contributed by atoms with E-state index in [9.17, 15) is 0 Å². The van der Waals surface area contributed by atoms with Crippen molar-refractivity contribution in [3.63, 3.8) is 0 Å². The monoisotopic (exact) mass is 312 g/mol. The molecule has 0 bridgehead atoms. The van der Waals surface area contributed by atoms with Crippen molar-refractivity contribution in [3.05, 3.63) is 41.8 Å². The summed E-state index contributed by atoms with van der Waals surface area (Å²) in [6, 6.07) is 10.3. The van der Waals surface area contributed by atoms with Gasteiger partial charge in [-0.2, -0.15) is 10.2 Å². The summed E-state index contributed by atoms with van der Waals surface area (Å²) in [5, 5.41) is 17.7. The van der Waals surface area contributed by atoms with Gasteiger partial charge in [0.05, 0.1) is 5.41 Å². The fraction of sp³-hybridized carbons (Fsp3) is 0.400. The van der Waals surface area contributed by atoms with Crippen molar-refractivity contribution in [2.24, 2.45) is 0 Å². The van der Waals surface area contributed by atoms with E-state index in [1.165, 1.54) is 5.56 Å². The standard InChI is InChI=1S/C15H16N6O2/c1-2-4-11(5-3-1)10-15(6-8-22-9-7-15)14-16-12(19-23-14)13-17-20-21-18-13/h1-5H,6-10H2,(H,17,18,20,21). The summed E-state index contributed by atoms with van der Waals surface area (Å²) >= 11 is 0. The van der Waals surface area contributed by atoms with Gasteiger partial charge >= 0.3 is 0 Å². The van der Waals surface area contributed by atoms with Crippen LogP contribution in [0.1, 0.15) is 24.3 Å². The van der Waals surface area contributed by atoms with E-state index in [0.29, 0.717) is 30.8 Å². The first-order chi connectivity index (χ1) is 11.4. The molecule has 0 spiro atoms. The second kappa shape index (κ2) is 5.88. The molecule has 0 saturated carbocycles. The van der Waals surface area contributed by atoms with Gasteiger partial charge < -0.3 is 9.26 Å². The lowest BCUT2D eigenvalue weighted by atomic mass is 9.75. The first-order valence-corrected chi connectivity index (χ1v) is 7.55. The fourth-order valence-electron chi connectivity index (χ4n) is 3.00. The van der Waals surface area contributed by atoms with Crippen LogP contribution in [0.15, 0.2) is 34.9 Å². The summed E-state index contributed by atoms with van der Waals surface area (Å²) in [7, 11) is 0. The summed E-state index contributed by atoms with van der Waals surface area (Å²) in [6.45, 7) is 1.37. The Kier molecular flexibility index (Phi) is 3.58. The summed E-state index contributed by atoms with van der Waals surface area (Å²) < 4.78 is 11.1. The van der Waals surface area contributed by atoms with Gasteiger partial charge in [0.25, 0.3) is 0 Å². The number of benzene rings is 1. The Balaban J connectivity index is 1.68. The number of nitrogens with zero attached hydrogens (tertiary/aromatic N) is 5. The molecule has 23 heavy (non-hydrogen) atoms. The maximum absolute atomic E-state index is 5.57. The Morgan fingerprint density at radius 3 is 2.65 bits per heavy atom. The highest BCUT2D eigenvalue weighted by Crippen LogP contribution is 2.37. The number of rotatable bonds is 4. The number of H-pyrrole nitrogens is 1. The van der Waals surface area contributed by atoms with E-state index in [0.717, 1.165) is 19.3 Å². The van der Waals surface area contributed by atoms with Crippen molar-refractivity contribution < 1.29 is 9.26 Å². The lowest BCUT2D eigenvalue weighted by molar-refractivity contribution is 0.0375. The zero-order valence-electron chi connectivity index (χ0n) is 12.5. The highest BCUT2D eigenvalue weighted by atomic mass is 16.5. The minimum absolute atomic E-state index is 0.214. The molecule has 0 radical (unpaired) electrons. The molecule has 1 aliphatic heterocycles. The largest absolute Gasteiger partial charge is 0.381 e. The Bertz CT molecular complexity index is 749. The lowest BCUT2D eigenvalue weighted by Gasteiger charge is -2.33. The van der Waals surface area contributed by atoms with Crippen LogP contribution in [-0.4, -0.2) is 44.0 Å². The predicted molar refractivity (Wildman–Crippen MR) is 79.3 cm³/mol. The molecule has 3 heterocycles. The number of aromatic nitrogens is 6. The van der Waals surface area contributed by atoms with Crippen molar-refractivity contribution in [1.82, 2.24) is 30.8 Å². The molecule has 2 aromatic heterocycles. The van der Waals surface area contributed by atoms with Gasteiger partial charge in [-0.1, -0.05) is 35.5 Å². The van der Waals surface area contributed by atoms with Crippen LogP contribution < -0.4 is 0 Å². The number of tetrazole rings is 1. The highest BCUT2D eigenvalue weighted by Gasteiger charge is 2.40. The van der Waals surface area contributed by atoms with E-state index in [2.05, 4.69) is 42.9 Å². The smallest absolute Gasteiger partial charge is 0.245 e. The normalized spacial score (nSPS) is 17.2. The minimum Gasteiger partial charge on any atom is -0.381 e. The van der Waals surface area contributed by atoms with E-state index in [4.69, 9.17) is 9.26 Å². The van der Waals surface area contributed by atoms with Crippen molar-refractivity contribution in [1.29, 1.82) is 0 Å². The number of nitrogens with one attached hydrogen (secondary N) is 1. The van der Waals surface area contributed by atoms with Crippen LogP contribution in [0.3, 0.4) is 0 Å². The van der Waals surface area contributed by atoms with Gasteiger partial charge in [0, 0.05) is 13.2 Å². The molecular formula is C15H16N6O2. The molecule has 4 rings (SSSR count). The number of hydrogen-bond donors (Lipinski definition) is 1. The Hall–Kier alpha value is -2.61. The maximum atomic E-state index is 5.57. The molecule has 8 nitrogen and oxygen atoms in total. The molecular weight excluding hydrogens is 296 g/mol. The molecule has 1 aliphatic rings. The molecule has 8 heteroatoms. The molecule has 1 saturated heterocycles. The number of hydrogen-bond acceptors (Lipinski definition) is 7. The zero-order chi connectivity index (χ0) is 15.5. The van der Waals surface area contributed by atoms with Crippen LogP contribution in [0.25, 0.3) is 11.6 Å². The molecule has 1 N–H and O–H groups in total. The second-order valence-electron chi connectivity index (χ2n) is 5.71. The third kappa shape index (κ3) is 2.72. The maximum Gasteiger partial charge on any atom is 0.245 e. The van der Waals surface area contributed by atoms with Crippen molar-refractivity contribution in [3.8, 4) is 11.6 Å². The number of ether oxygens (including phenoxy) is 1. The zero-order valence-corrected chi connectivity index (χ0v) is 12.5. The van der Waals surface area contributed by atoms with Crippen LogP contribution in [-0.2, 0) is 16.6 Å². The average molecular weight is 312 g/mol. The van der Waals surface area contributed by atoms with Crippen LogP contribution in [0.4, 0.5) is 0 Å². The van der Waals surface area contributed by atoms with E-state index in [-0.39, 0.29) is 5.41 Å². The number of aromatic amines is 1. The lowest BCUT2D eigenvalue weighted by Crippen LogP contribution is -2.36. The molecule has 3 aromatic rings. The van der Waals surface area contributed by atoms with Gasteiger partial charge in [-0.15, -0.1) is 10.2 Å². The Labute approximate surface area is 132 Å². The molecule has 0 atom stereocenters. The van der Waals surface area contributed by atoms with Gasteiger partial charge in [0.2, 0.25) is 17.5 Å². The average Bonchev–Trinajstić information content (AvgIpc) is 3.28. The van der Waals surface area contributed by atoms with Crippen molar-refractivity contribution >= 4 is 0 Å². The van der Waals surface area contributed by atoms with Gasteiger partial charge in [-0.3, -0.25) is 0 Å². The van der Waals surface area contributed by atoms with Crippen LogP contribution >= 0.6 is 0 Å². The molecule has 1 aromatic carbocycles. The Morgan fingerprint density at radius 2 is 1.91 bits per heavy atom. The fourth-order valence-corrected chi connectivity index (χ4v) is 3.00. The topological polar surface area (TPSA) is 103 Å². The predicted octanol–water partition coefficient (Wildman–Crippen LogP) is 1.54. The second-order valence-corrected chi connectivity index (χ2v) is 5.71. The Morgan fingerprint density at radius 1 is 1.09 bits per heavy atom. The van der Waals surface area contributed by atoms with Crippen LogP contribution in [0, 0.1) is 0 Å².